The largest absolute Gasteiger partial charge is 0.493 e. The minimum atomic E-state index is -0.132. The van der Waals surface area contributed by atoms with Gasteiger partial charge in [-0.15, -0.1) is 0 Å². The molecule has 0 bridgehead atoms. The van der Waals surface area contributed by atoms with E-state index in [1.165, 1.54) is 25.5 Å². The Kier molecular flexibility index (Phi) is 5.04. The Morgan fingerprint density at radius 2 is 2.10 bits per heavy atom. The van der Waals surface area contributed by atoms with Crippen molar-refractivity contribution in [1.82, 2.24) is 5.32 Å². The van der Waals surface area contributed by atoms with E-state index in [9.17, 15) is 4.79 Å². The monoisotopic (exact) mass is 275 g/mol. The van der Waals surface area contributed by atoms with Crippen molar-refractivity contribution < 1.29 is 14.3 Å². The summed E-state index contributed by atoms with van der Waals surface area (Å²) in [5, 5.41) is 2.95. The summed E-state index contributed by atoms with van der Waals surface area (Å²) in [6, 6.07) is 5.31. The van der Waals surface area contributed by atoms with Crippen LogP contribution in [0.2, 0.25) is 0 Å². The lowest BCUT2D eigenvalue weighted by Gasteiger charge is -2.15. The van der Waals surface area contributed by atoms with Gasteiger partial charge in [-0.25, -0.2) is 0 Å². The number of para-hydroxylation sites is 1. The lowest BCUT2D eigenvalue weighted by atomic mass is 9.99. The van der Waals surface area contributed by atoms with E-state index in [0.29, 0.717) is 23.6 Å². The van der Waals surface area contributed by atoms with Gasteiger partial charge in [-0.05, 0) is 37.8 Å². The van der Waals surface area contributed by atoms with Gasteiger partial charge < -0.3 is 14.8 Å². The first-order valence-corrected chi connectivity index (χ1v) is 6.93. The summed E-state index contributed by atoms with van der Waals surface area (Å²) in [6.45, 7) is 0.610. The van der Waals surface area contributed by atoms with E-state index in [-0.39, 0.29) is 5.91 Å². The maximum absolute atomic E-state index is 12.3. The third kappa shape index (κ3) is 3.32. The third-order valence-electron chi connectivity index (χ3n) is 3.51. The van der Waals surface area contributed by atoms with Crippen LogP contribution in [-0.4, -0.2) is 26.7 Å². The van der Waals surface area contributed by atoms with E-state index in [2.05, 4.69) is 11.4 Å². The topological polar surface area (TPSA) is 47.6 Å². The number of hydrogen-bond acceptors (Lipinski definition) is 3. The molecule has 1 aromatic carbocycles. The molecule has 1 aliphatic carbocycles. The molecule has 0 fully saturated rings. The van der Waals surface area contributed by atoms with Crippen LogP contribution in [0.15, 0.2) is 29.8 Å². The molecule has 4 nitrogen and oxygen atoms in total. The fraction of sp³-hybridized carbons (Fsp3) is 0.438. The van der Waals surface area contributed by atoms with E-state index in [4.69, 9.17) is 9.47 Å². The summed E-state index contributed by atoms with van der Waals surface area (Å²) in [5.41, 5.74) is 1.81. The van der Waals surface area contributed by atoms with E-state index < -0.39 is 0 Å². The standard InChI is InChI=1S/C16H21NO3/c1-19-14-10-6-9-13(15(14)20-2)16(18)17-11-12-7-4-3-5-8-12/h6-7,9-10H,3-5,8,11H2,1-2H3,(H,17,18). The molecule has 1 N–H and O–H groups in total. The molecule has 0 aliphatic heterocycles. The average molecular weight is 275 g/mol. The number of ether oxygens (including phenoxy) is 2. The van der Waals surface area contributed by atoms with Crippen LogP contribution in [0.5, 0.6) is 11.5 Å². The molecule has 0 heterocycles. The second-order valence-corrected chi connectivity index (χ2v) is 4.83. The SMILES string of the molecule is COc1cccc(C(=O)NCC2=CCCCC2)c1OC. The van der Waals surface area contributed by atoms with Crippen LogP contribution in [0, 0.1) is 0 Å². The molecule has 1 aromatic rings. The van der Waals surface area contributed by atoms with E-state index in [1.807, 2.05) is 0 Å². The number of carbonyl (C=O) groups excluding carboxylic acids is 1. The van der Waals surface area contributed by atoms with Crippen LogP contribution >= 0.6 is 0 Å². The molecule has 0 atom stereocenters. The van der Waals surface area contributed by atoms with Gasteiger partial charge in [-0.3, -0.25) is 4.79 Å². The predicted molar refractivity (Wildman–Crippen MR) is 78.4 cm³/mol. The number of allylic oxidation sites excluding steroid dienone is 1. The first-order valence-electron chi connectivity index (χ1n) is 6.93. The van der Waals surface area contributed by atoms with E-state index in [1.54, 1.807) is 25.3 Å². The molecule has 0 aromatic heterocycles. The highest BCUT2D eigenvalue weighted by Gasteiger charge is 2.16. The fourth-order valence-electron chi connectivity index (χ4n) is 2.42. The Balaban J connectivity index is 2.07. The molecule has 1 aliphatic rings. The summed E-state index contributed by atoms with van der Waals surface area (Å²) in [5.74, 6) is 0.911. The summed E-state index contributed by atoms with van der Waals surface area (Å²) in [4.78, 5) is 12.3. The van der Waals surface area contributed by atoms with Crippen molar-refractivity contribution >= 4 is 5.91 Å². The van der Waals surface area contributed by atoms with Crippen molar-refractivity contribution in [3.05, 3.63) is 35.4 Å². The Morgan fingerprint density at radius 3 is 2.75 bits per heavy atom. The Bertz CT molecular complexity index is 508. The van der Waals surface area contributed by atoms with Gasteiger partial charge >= 0.3 is 0 Å². The first kappa shape index (κ1) is 14.4. The number of amides is 1. The number of benzene rings is 1. The zero-order valence-electron chi connectivity index (χ0n) is 12.1. The average Bonchev–Trinajstić information content (AvgIpc) is 2.52. The van der Waals surface area contributed by atoms with Crippen molar-refractivity contribution in [3.8, 4) is 11.5 Å². The van der Waals surface area contributed by atoms with Crippen molar-refractivity contribution in [1.29, 1.82) is 0 Å². The fourth-order valence-corrected chi connectivity index (χ4v) is 2.42. The van der Waals surface area contributed by atoms with Gasteiger partial charge in [0.15, 0.2) is 11.5 Å². The predicted octanol–water partition coefficient (Wildman–Crippen LogP) is 2.93. The Labute approximate surface area is 119 Å². The second kappa shape index (κ2) is 6.98. The molecule has 0 spiro atoms. The first-order chi connectivity index (χ1) is 9.76. The number of nitrogens with one attached hydrogen (secondary N) is 1. The molecule has 4 heteroatoms. The molecule has 0 radical (unpaired) electrons. The number of carbonyl (C=O) groups is 1. The minimum Gasteiger partial charge on any atom is -0.493 e. The summed E-state index contributed by atoms with van der Waals surface area (Å²) >= 11 is 0. The Morgan fingerprint density at radius 1 is 1.25 bits per heavy atom. The lowest BCUT2D eigenvalue weighted by molar-refractivity contribution is 0.0953. The highest BCUT2D eigenvalue weighted by Crippen LogP contribution is 2.30. The molecule has 108 valence electrons. The minimum absolute atomic E-state index is 0.132. The molecular weight excluding hydrogens is 254 g/mol. The van der Waals surface area contributed by atoms with Gasteiger partial charge in [0.05, 0.1) is 19.8 Å². The maximum Gasteiger partial charge on any atom is 0.255 e. The molecular formula is C16H21NO3. The molecule has 0 unspecified atom stereocenters. The van der Waals surface area contributed by atoms with Crippen LogP contribution in [-0.2, 0) is 0 Å². The van der Waals surface area contributed by atoms with Crippen LogP contribution in [0.1, 0.15) is 36.0 Å². The van der Waals surface area contributed by atoms with Gasteiger partial charge in [0.25, 0.3) is 5.91 Å². The molecule has 0 saturated carbocycles. The maximum atomic E-state index is 12.3. The Hall–Kier alpha value is -1.97. The van der Waals surface area contributed by atoms with Gasteiger partial charge in [-0.2, -0.15) is 0 Å². The quantitative estimate of drug-likeness (QED) is 0.840. The van der Waals surface area contributed by atoms with E-state index in [0.717, 1.165) is 12.8 Å². The summed E-state index contributed by atoms with van der Waals surface area (Å²) in [7, 11) is 3.10. The van der Waals surface area contributed by atoms with Crippen LogP contribution in [0.4, 0.5) is 0 Å². The second-order valence-electron chi connectivity index (χ2n) is 4.83. The van der Waals surface area contributed by atoms with Crippen molar-refractivity contribution in [2.75, 3.05) is 20.8 Å². The lowest BCUT2D eigenvalue weighted by Crippen LogP contribution is -2.26. The number of hydrogen-bond donors (Lipinski definition) is 1. The van der Waals surface area contributed by atoms with Gasteiger partial charge in [0.1, 0.15) is 0 Å². The highest BCUT2D eigenvalue weighted by atomic mass is 16.5. The summed E-state index contributed by atoms with van der Waals surface area (Å²) in [6.07, 6.45) is 6.89. The van der Waals surface area contributed by atoms with Crippen molar-refractivity contribution in [3.63, 3.8) is 0 Å². The van der Waals surface area contributed by atoms with Crippen LogP contribution in [0.3, 0.4) is 0 Å². The van der Waals surface area contributed by atoms with Crippen LogP contribution < -0.4 is 14.8 Å². The molecule has 20 heavy (non-hydrogen) atoms. The number of rotatable bonds is 5. The highest BCUT2D eigenvalue weighted by molar-refractivity contribution is 5.97. The van der Waals surface area contributed by atoms with Gasteiger partial charge in [-0.1, -0.05) is 17.7 Å². The van der Waals surface area contributed by atoms with Crippen LogP contribution in [0.25, 0.3) is 0 Å². The zero-order chi connectivity index (χ0) is 14.4. The summed E-state index contributed by atoms with van der Waals surface area (Å²) < 4.78 is 10.5. The van der Waals surface area contributed by atoms with Gasteiger partial charge in [0.2, 0.25) is 0 Å². The molecule has 2 rings (SSSR count). The van der Waals surface area contributed by atoms with Crippen molar-refractivity contribution in [2.45, 2.75) is 25.7 Å². The third-order valence-corrected chi connectivity index (χ3v) is 3.51. The van der Waals surface area contributed by atoms with Gasteiger partial charge in [0, 0.05) is 6.54 Å². The number of methoxy groups -OCH3 is 2. The van der Waals surface area contributed by atoms with Crippen molar-refractivity contribution in [2.24, 2.45) is 0 Å². The van der Waals surface area contributed by atoms with E-state index >= 15 is 0 Å². The molecule has 0 saturated heterocycles. The smallest absolute Gasteiger partial charge is 0.255 e. The zero-order valence-corrected chi connectivity index (χ0v) is 12.1. The normalized spacial score (nSPS) is 14.4. The molecule has 1 amide bonds.